The second kappa shape index (κ2) is 7.72. The normalized spacial score (nSPS) is 16.4. The number of Topliss-reactive ketones (excluding diaryl/α,β-unsaturated/α-hetero) is 1. The molecule has 0 radical (unpaired) electrons. The number of aryl methyl sites for hydroxylation is 2. The van der Waals surface area contributed by atoms with Gasteiger partial charge in [-0.1, -0.05) is 24.3 Å². The van der Waals surface area contributed by atoms with Crippen LogP contribution in [0.3, 0.4) is 0 Å². The molecule has 2 N–H and O–H groups in total. The van der Waals surface area contributed by atoms with Crippen LogP contribution in [0.15, 0.2) is 66.2 Å². The molecule has 1 unspecified atom stereocenters. The number of rotatable bonds is 5. The Kier molecular flexibility index (Phi) is 4.86. The van der Waals surface area contributed by atoms with Gasteiger partial charge in [-0.05, 0) is 32.0 Å². The molecular weight excluding hydrogens is 424 g/mol. The van der Waals surface area contributed by atoms with Crippen molar-refractivity contribution >= 4 is 33.9 Å². The van der Waals surface area contributed by atoms with Gasteiger partial charge in [0.15, 0.2) is 5.76 Å². The highest BCUT2D eigenvalue weighted by Gasteiger charge is 2.45. The van der Waals surface area contributed by atoms with Crippen LogP contribution < -0.4 is 0 Å². The number of H-pyrrole nitrogens is 1. The van der Waals surface area contributed by atoms with Crippen molar-refractivity contribution in [3.8, 4) is 0 Å². The van der Waals surface area contributed by atoms with E-state index in [0.29, 0.717) is 16.3 Å². The van der Waals surface area contributed by atoms with Gasteiger partial charge in [-0.3, -0.25) is 14.6 Å². The molecule has 1 aliphatic rings. The molecule has 4 heterocycles. The number of aromatic amines is 1. The fourth-order valence-electron chi connectivity index (χ4n) is 4.22. The number of carbonyl (C=O) groups excluding carboxylic acids is 2. The van der Waals surface area contributed by atoms with Crippen molar-refractivity contribution in [3.05, 3.63) is 93.0 Å². The average Bonchev–Trinajstić information content (AvgIpc) is 3.44. The van der Waals surface area contributed by atoms with Gasteiger partial charge in [0.05, 0.1) is 39.4 Å². The molecule has 4 aromatic rings. The predicted molar refractivity (Wildman–Crippen MR) is 121 cm³/mol. The first-order valence-corrected chi connectivity index (χ1v) is 11.0. The van der Waals surface area contributed by atoms with Crippen molar-refractivity contribution in [3.63, 3.8) is 0 Å². The Morgan fingerprint density at radius 1 is 1.19 bits per heavy atom. The highest BCUT2D eigenvalue weighted by molar-refractivity contribution is 7.14. The summed E-state index contributed by atoms with van der Waals surface area (Å²) in [5, 5.41) is 12.5. The Morgan fingerprint density at radius 2 is 1.97 bits per heavy atom. The zero-order valence-corrected chi connectivity index (χ0v) is 18.3. The summed E-state index contributed by atoms with van der Waals surface area (Å²) in [7, 11) is 0. The lowest BCUT2D eigenvalue weighted by Gasteiger charge is -2.26. The van der Waals surface area contributed by atoms with Crippen molar-refractivity contribution in [1.29, 1.82) is 0 Å². The number of aliphatic hydroxyl groups is 1. The third-order valence-corrected chi connectivity index (χ3v) is 6.70. The van der Waals surface area contributed by atoms with E-state index in [2.05, 4.69) is 15.0 Å². The molecule has 1 amide bonds. The highest BCUT2D eigenvalue weighted by Crippen LogP contribution is 2.43. The Labute approximate surface area is 188 Å². The predicted octanol–water partition coefficient (Wildman–Crippen LogP) is 4.41. The van der Waals surface area contributed by atoms with Crippen LogP contribution in [-0.4, -0.2) is 36.6 Å². The molecule has 3 aromatic heterocycles. The second-order valence-electron chi connectivity index (χ2n) is 7.69. The molecule has 8 heteroatoms. The molecule has 0 saturated carbocycles. The van der Waals surface area contributed by atoms with Crippen LogP contribution in [0.5, 0.6) is 0 Å². The number of aliphatic hydroxyl groups excluding tert-OH is 1. The molecule has 160 valence electrons. The quantitative estimate of drug-likeness (QED) is 0.444. The fourth-order valence-corrected chi connectivity index (χ4v) is 5.10. The van der Waals surface area contributed by atoms with Gasteiger partial charge in [-0.25, -0.2) is 4.98 Å². The first kappa shape index (κ1) is 20.1. The number of amides is 1. The maximum absolute atomic E-state index is 13.6. The molecule has 0 fully saturated rings. The van der Waals surface area contributed by atoms with E-state index in [4.69, 9.17) is 0 Å². The molecular formula is C24H20N4O3S. The number of pyridine rings is 1. The molecule has 0 bridgehead atoms. The summed E-state index contributed by atoms with van der Waals surface area (Å²) in [5.41, 5.74) is 2.96. The van der Waals surface area contributed by atoms with E-state index in [1.807, 2.05) is 43.3 Å². The van der Waals surface area contributed by atoms with Gasteiger partial charge in [0.1, 0.15) is 0 Å². The van der Waals surface area contributed by atoms with Crippen LogP contribution in [0.4, 0.5) is 0 Å². The minimum absolute atomic E-state index is 0.0717. The van der Waals surface area contributed by atoms with Gasteiger partial charge in [0, 0.05) is 28.9 Å². The third-order valence-electron chi connectivity index (χ3n) is 5.63. The Balaban J connectivity index is 1.67. The van der Waals surface area contributed by atoms with E-state index in [1.165, 1.54) is 16.2 Å². The van der Waals surface area contributed by atoms with Gasteiger partial charge in [0.2, 0.25) is 5.78 Å². The minimum atomic E-state index is -0.755. The number of hydrogen-bond acceptors (Lipinski definition) is 6. The van der Waals surface area contributed by atoms with Crippen LogP contribution in [0.1, 0.15) is 37.7 Å². The topological polar surface area (TPSA) is 99.2 Å². The first-order chi connectivity index (χ1) is 15.5. The summed E-state index contributed by atoms with van der Waals surface area (Å²) in [6.07, 6.45) is 3.45. The number of para-hydroxylation sites is 1. The zero-order valence-electron chi connectivity index (χ0n) is 17.5. The molecule has 1 aromatic carbocycles. The number of nitrogens with one attached hydrogen (secondary N) is 1. The smallest absolute Gasteiger partial charge is 0.290 e. The van der Waals surface area contributed by atoms with Gasteiger partial charge >= 0.3 is 0 Å². The number of benzene rings is 1. The maximum Gasteiger partial charge on any atom is 0.290 e. The van der Waals surface area contributed by atoms with Gasteiger partial charge in [0.25, 0.3) is 5.91 Å². The van der Waals surface area contributed by atoms with Crippen molar-refractivity contribution in [2.24, 2.45) is 0 Å². The molecule has 0 aliphatic carbocycles. The molecule has 5 rings (SSSR count). The van der Waals surface area contributed by atoms with Crippen LogP contribution in [0.25, 0.3) is 10.9 Å². The molecule has 32 heavy (non-hydrogen) atoms. The Bertz CT molecular complexity index is 1390. The lowest BCUT2D eigenvalue weighted by atomic mass is 9.94. The van der Waals surface area contributed by atoms with E-state index >= 15 is 0 Å². The van der Waals surface area contributed by atoms with Gasteiger partial charge < -0.3 is 15.0 Å². The average molecular weight is 445 g/mol. The highest BCUT2D eigenvalue weighted by atomic mass is 32.1. The van der Waals surface area contributed by atoms with Crippen molar-refractivity contribution < 1.29 is 14.7 Å². The van der Waals surface area contributed by atoms with Crippen molar-refractivity contribution in [2.45, 2.75) is 26.4 Å². The van der Waals surface area contributed by atoms with Crippen LogP contribution in [0.2, 0.25) is 0 Å². The molecule has 0 saturated heterocycles. The molecule has 1 atom stereocenters. The maximum atomic E-state index is 13.6. The number of fused-ring (bicyclic) bond motifs is 1. The monoisotopic (exact) mass is 444 g/mol. The molecule has 0 spiro atoms. The van der Waals surface area contributed by atoms with Gasteiger partial charge in [-0.2, -0.15) is 0 Å². The molecule has 1 aliphatic heterocycles. The van der Waals surface area contributed by atoms with E-state index in [9.17, 15) is 14.7 Å². The van der Waals surface area contributed by atoms with Crippen LogP contribution in [0, 0.1) is 13.8 Å². The third kappa shape index (κ3) is 3.20. The number of carbonyl (C=O) groups is 2. The Hall–Kier alpha value is -3.78. The summed E-state index contributed by atoms with van der Waals surface area (Å²) in [5.74, 6) is -1.49. The second-order valence-corrected chi connectivity index (χ2v) is 8.89. The standard InChI is InChI=1S/C24H20N4O3S/c1-13-23(32-14(2)27-13)21(29)19-20(17-11-26-18-9-4-3-8-16(17)18)28(24(31)22(19)30)12-15-7-5-6-10-25-15/h3-11,20,26,30H,12H2,1-2H3. The fraction of sp³-hybridized carbons (Fsp3) is 0.167. The zero-order chi connectivity index (χ0) is 22.4. The van der Waals surface area contributed by atoms with E-state index in [0.717, 1.165) is 21.5 Å². The number of thiazole rings is 1. The lowest BCUT2D eigenvalue weighted by Crippen LogP contribution is -2.31. The number of nitrogens with zero attached hydrogens (tertiary/aromatic N) is 3. The van der Waals surface area contributed by atoms with Crippen molar-refractivity contribution in [1.82, 2.24) is 19.9 Å². The van der Waals surface area contributed by atoms with E-state index in [-0.39, 0.29) is 17.9 Å². The number of ketones is 1. The summed E-state index contributed by atoms with van der Waals surface area (Å²) < 4.78 is 0. The van der Waals surface area contributed by atoms with Crippen LogP contribution >= 0.6 is 11.3 Å². The summed E-state index contributed by atoms with van der Waals surface area (Å²) in [4.78, 5) is 40.7. The minimum Gasteiger partial charge on any atom is -0.503 e. The SMILES string of the molecule is Cc1nc(C)c(C(=O)C2=C(O)C(=O)N(Cc3ccccn3)C2c2c[nH]c3ccccc23)s1. The largest absolute Gasteiger partial charge is 0.503 e. The van der Waals surface area contributed by atoms with Crippen LogP contribution in [-0.2, 0) is 11.3 Å². The molecule has 7 nitrogen and oxygen atoms in total. The van der Waals surface area contributed by atoms with Gasteiger partial charge in [-0.15, -0.1) is 11.3 Å². The van der Waals surface area contributed by atoms with E-state index in [1.54, 1.807) is 25.4 Å². The van der Waals surface area contributed by atoms with E-state index < -0.39 is 17.7 Å². The summed E-state index contributed by atoms with van der Waals surface area (Å²) in [6.45, 7) is 3.75. The van der Waals surface area contributed by atoms with Crippen molar-refractivity contribution in [2.75, 3.05) is 0 Å². The first-order valence-electron chi connectivity index (χ1n) is 10.1. The Morgan fingerprint density at radius 3 is 2.69 bits per heavy atom. The summed E-state index contributed by atoms with van der Waals surface area (Å²) in [6, 6.07) is 12.4. The number of aromatic nitrogens is 3. The number of hydrogen-bond donors (Lipinski definition) is 2. The lowest BCUT2D eigenvalue weighted by molar-refractivity contribution is -0.130. The summed E-state index contributed by atoms with van der Waals surface area (Å²) >= 11 is 1.26.